The average Bonchev–Trinajstić information content (AvgIpc) is 3.50. The molecule has 1 saturated heterocycles. The van der Waals surface area contributed by atoms with Crippen LogP contribution in [0.4, 0.5) is 17.2 Å². The Kier molecular flexibility index (Phi) is 7.81. The molecule has 7 rings (SSSR count). The van der Waals surface area contributed by atoms with E-state index >= 15 is 0 Å². The maximum atomic E-state index is 12.8. The lowest BCUT2D eigenvalue weighted by Gasteiger charge is -2.36. The van der Waals surface area contributed by atoms with Crippen molar-refractivity contribution in [2.75, 3.05) is 41.5 Å². The van der Waals surface area contributed by atoms with E-state index < -0.39 is 10.0 Å². The van der Waals surface area contributed by atoms with Gasteiger partial charge in [0.1, 0.15) is 11.3 Å². The van der Waals surface area contributed by atoms with E-state index in [-0.39, 0.29) is 16.1 Å². The normalized spacial score (nSPS) is 14.6. The Labute approximate surface area is 274 Å². The summed E-state index contributed by atoms with van der Waals surface area (Å²) in [6, 6.07) is 27.0. The molecule has 47 heavy (non-hydrogen) atoms. The summed E-state index contributed by atoms with van der Waals surface area (Å²) in [5, 5.41) is 0. The van der Waals surface area contributed by atoms with E-state index in [1.165, 1.54) is 23.9 Å². The van der Waals surface area contributed by atoms with Gasteiger partial charge in [0.15, 0.2) is 5.82 Å². The molecule has 11 heteroatoms. The van der Waals surface area contributed by atoms with Gasteiger partial charge in [0.25, 0.3) is 10.0 Å². The van der Waals surface area contributed by atoms with Gasteiger partial charge in [-0.25, -0.2) is 18.4 Å². The molecule has 0 bridgehead atoms. The summed E-state index contributed by atoms with van der Waals surface area (Å²) in [6.45, 7) is 11.1. The van der Waals surface area contributed by atoms with Crippen molar-refractivity contribution in [2.45, 2.75) is 37.6 Å². The fourth-order valence-electron chi connectivity index (χ4n) is 5.99. The number of aromatic amines is 1. The van der Waals surface area contributed by atoms with Crippen LogP contribution < -0.4 is 15.4 Å². The zero-order chi connectivity index (χ0) is 32.8. The number of sulfonamides is 1. The number of hydrogen-bond donors (Lipinski definition) is 3. The first-order chi connectivity index (χ1) is 22.5. The first-order valence-corrected chi connectivity index (χ1v) is 17.2. The number of nitrogens with two attached hydrogens (primary N) is 1. The van der Waals surface area contributed by atoms with Gasteiger partial charge in [-0.2, -0.15) is 0 Å². The van der Waals surface area contributed by atoms with Crippen LogP contribution in [-0.4, -0.2) is 59.4 Å². The highest BCUT2D eigenvalue weighted by molar-refractivity contribution is 7.92. The maximum Gasteiger partial charge on any atom is 0.263 e. The fourth-order valence-corrected chi connectivity index (χ4v) is 6.98. The Balaban J connectivity index is 1.00. The molecule has 0 saturated carbocycles. The van der Waals surface area contributed by atoms with Gasteiger partial charge in [0, 0.05) is 44.0 Å². The molecule has 1 aliphatic rings. The van der Waals surface area contributed by atoms with Gasteiger partial charge < -0.3 is 15.6 Å². The molecule has 0 amide bonds. The highest BCUT2D eigenvalue weighted by atomic mass is 32.2. The van der Waals surface area contributed by atoms with E-state index in [0.29, 0.717) is 16.7 Å². The van der Waals surface area contributed by atoms with Crippen molar-refractivity contribution in [3.63, 3.8) is 0 Å². The zero-order valence-electron chi connectivity index (χ0n) is 26.7. The second-order valence-electron chi connectivity index (χ2n) is 13.1. The Morgan fingerprint density at radius 2 is 1.62 bits per heavy atom. The summed E-state index contributed by atoms with van der Waals surface area (Å²) >= 11 is 0. The molecular weight excluding hydrogens is 609 g/mol. The number of nitrogens with one attached hydrogen (secondary N) is 2. The lowest BCUT2D eigenvalue weighted by Crippen LogP contribution is -2.46. The number of benzene rings is 4. The Morgan fingerprint density at radius 3 is 2.34 bits per heavy atom. The van der Waals surface area contributed by atoms with Crippen LogP contribution in [0.5, 0.6) is 0 Å². The van der Waals surface area contributed by atoms with Gasteiger partial charge in [0.2, 0.25) is 0 Å². The predicted molar refractivity (Wildman–Crippen MR) is 189 cm³/mol. The molecule has 4 N–H and O–H groups in total. The van der Waals surface area contributed by atoms with Gasteiger partial charge >= 0.3 is 0 Å². The molecule has 3 heterocycles. The molecule has 240 valence electrons. The minimum atomic E-state index is -3.81. The first kappa shape index (κ1) is 30.6. The Bertz CT molecular complexity index is 2160. The highest BCUT2D eigenvalue weighted by Gasteiger charge is 2.21. The molecule has 0 spiro atoms. The highest BCUT2D eigenvalue weighted by Crippen LogP contribution is 2.31. The van der Waals surface area contributed by atoms with E-state index in [1.807, 2.05) is 18.2 Å². The molecule has 1 aliphatic heterocycles. The smallest absolute Gasteiger partial charge is 0.263 e. The van der Waals surface area contributed by atoms with E-state index in [9.17, 15) is 8.42 Å². The minimum absolute atomic E-state index is 0.108. The number of hydrogen-bond acceptors (Lipinski definition) is 8. The molecular formula is C36H38N8O2S. The lowest BCUT2D eigenvalue weighted by molar-refractivity contribution is 0.250. The van der Waals surface area contributed by atoms with Crippen LogP contribution in [0.2, 0.25) is 0 Å². The second-order valence-corrected chi connectivity index (χ2v) is 14.8. The van der Waals surface area contributed by atoms with Gasteiger partial charge in [0.05, 0.1) is 33.3 Å². The second kappa shape index (κ2) is 12.0. The van der Waals surface area contributed by atoms with Gasteiger partial charge in [-0.1, -0.05) is 57.2 Å². The average molecular weight is 647 g/mol. The number of piperazine rings is 1. The van der Waals surface area contributed by atoms with Crippen LogP contribution in [0.3, 0.4) is 0 Å². The van der Waals surface area contributed by atoms with E-state index in [1.54, 1.807) is 12.1 Å². The third-order valence-corrected chi connectivity index (χ3v) is 10.0. The number of fused-ring (bicyclic) bond motifs is 2. The standard InChI is InChI=1S/C36H38N8O2S/c1-36(2,3)26-10-8-25(9-11-26)35-40-30-5-4-6-32(34(30)41-35)44-19-17-43(18-20-44)23-24-7-16-29-31(21-24)38-22-33(39-29)42-47(45,46)28-14-12-27(37)13-15-28/h4-16,21-22H,17-20,23,37H2,1-3H3,(H,39,42)(H,40,41). The maximum absolute atomic E-state index is 12.8. The van der Waals surface area contributed by atoms with Crippen molar-refractivity contribution in [1.82, 2.24) is 24.8 Å². The summed E-state index contributed by atoms with van der Waals surface area (Å²) in [5.41, 5.74) is 14.3. The van der Waals surface area contributed by atoms with Crippen molar-refractivity contribution < 1.29 is 8.42 Å². The van der Waals surface area contributed by atoms with Gasteiger partial charge in [-0.05, 0) is 65.1 Å². The Morgan fingerprint density at radius 1 is 0.872 bits per heavy atom. The number of nitrogens with zero attached hydrogens (tertiary/aromatic N) is 5. The summed E-state index contributed by atoms with van der Waals surface area (Å²) in [6.07, 6.45) is 1.45. The third-order valence-electron chi connectivity index (χ3n) is 8.67. The van der Waals surface area contributed by atoms with Crippen LogP contribution in [0.15, 0.2) is 96.0 Å². The molecule has 0 atom stereocenters. The molecule has 2 aromatic heterocycles. The Hall–Kier alpha value is -5.00. The van der Waals surface area contributed by atoms with Crippen LogP contribution in [0.1, 0.15) is 31.9 Å². The van der Waals surface area contributed by atoms with E-state index in [0.717, 1.165) is 66.4 Å². The largest absolute Gasteiger partial charge is 0.399 e. The topological polar surface area (TPSA) is 133 Å². The third kappa shape index (κ3) is 6.49. The molecule has 0 aliphatic carbocycles. The van der Waals surface area contributed by atoms with E-state index in [4.69, 9.17) is 10.7 Å². The summed E-state index contributed by atoms with van der Waals surface area (Å²) in [5.74, 6) is 1.05. The SMILES string of the molecule is CC(C)(C)c1ccc(-c2nc3c(N4CCN(Cc5ccc6nc(NS(=O)(=O)c7ccc(N)cc7)cnc6c5)CC4)cccc3[nH]2)cc1. The number of aromatic nitrogens is 4. The summed E-state index contributed by atoms with van der Waals surface area (Å²) < 4.78 is 28.0. The number of rotatable bonds is 7. The number of anilines is 3. The fraction of sp³-hybridized carbons (Fsp3) is 0.250. The molecule has 6 aromatic rings. The minimum Gasteiger partial charge on any atom is -0.399 e. The monoisotopic (exact) mass is 646 g/mol. The molecule has 0 radical (unpaired) electrons. The number of para-hydroxylation sites is 1. The predicted octanol–water partition coefficient (Wildman–Crippen LogP) is 6.18. The van der Waals surface area contributed by atoms with Crippen LogP contribution >= 0.6 is 0 Å². The van der Waals surface area contributed by atoms with Crippen LogP contribution in [0, 0.1) is 0 Å². The van der Waals surface area contributed by atoms with Gasteiger partial charge in [-0.3, -0.25) is 14.6 Å². The zero-order valence-corrected chi connectivity index (χ0v) is 27.6. The van der Waals surface area contributed by atoms with E-state index in [2.05, 4.69) is 92.7 Å². The molecule has 1 fully saturated rings. The van der Waals surface area contributed by atoms with Crippen molar-refractivity contribution >= 4 is 49.3 Å². The summed E-state index contributed by atoms with van der Waals surface area (Å²) in [4.78, 5) is 22.5. The molecule has 4 aromatic carbocycles. The van der Waals surface area contributed by atoms with Crippen LogP contribution in [-0.2, 0) is 22.0 Å². The lowest BCUT2D eigenvalue weighted by atomic mass is 9.87. The van der Waals surface area contributed by atoms with Gasteiger partial charge in [-0.15, -0.1) is 0 Å². The quantitative estimate of drug-likeness (QED) is 0.175. The first-order valence-electron chi connectivity index (χ1n) is 15.7. The molecule has 10 nitrogen and oxygen atoms in total. The number of H-pyrrole nitrogens is 1. The van der Waals surface area contributed by atoms with Crippen molar-refractivity contribution in [2.24, 2.45) is 0 Å². The number of imidazole rings is 1. The van der Waals surface area contributed by atoms with Crippen molar-refractivity contribution in [3.8, 4) is 11.4 Å². The number of nitrogen functional groups attached to an aromatic ring is 1. The van der Waals surface area contributed by atoms with Crippen LogP contribution in [0.25, 0.3) is 33.5 Å². The molecule has 0 unspecified atom stereocenters. The van der Waals surface area contributed by atoms with Crippen molar-refractivity contribution in [3.05, 3.63) is 102 Å². The van der Waals surface area contributed by atoms with Crippen molar-refractivity contribution in [1.29, 1.82) is 0 Å². The summed E-state index contributed by atoms with van der Waals surface area (Å²) in [7, 11) is -3.81.